The van der Waals surface area contributed by atoms with Gasteiger partial charge >= 0.3 is 0 Å². The largest absolute Gasteiger partial charge is 0.376 e. The minimum Gasteiger partial charge on any atom is -0.376 e. The van der Waals surface area contributed by atoms with E-state index in [9.17, 15) is 4.79 Å². The summed E-state index contributed by atoms with van der Waals surface area (Å²) in [6.45, 7) is 5.36. The van der Waals surface area contributed by atoms with Gasteiger partial charge in [0.05, 0.1) is 11.8 Å². The van der Waals surface area contributed by atoms with E-state index in [1.807, 2.05) is 25.1 Å². The first-order valence-electron chi connectivity index (χ1n) is 8.39. The first kappa shape index (κ1) is 16.9. The molecule has 1 aliphatic heterocycles. The molecule has 1 aromatic heterocycles. The van der Waals surface area contributed by atoms with E-state index >= 15 is 0 Å². The van der Waals surface area contributed by atoms with Crippen LogP contribution in [0, 0.1) is 6.92 Å². The molecule has 2 N–H and O–H groups in total. The SMILES string of the molecule is CCc1ccccc1Nc1nc(C)c(C(=O)NCC2CCCO2)s1. The molecule has 0 radical (unpaired) electrons. The fourth-order valence-electron chi connectivity index (χ4n) is 2.82. The highest BCUT2D eigenvalue weighted by molar-refractivity contribution is 7.17. The van der Waals surface area contributed by atoms with Gasteiger partial charge in [-0.3, -0.25) is 4.79 Å². The number of anilines is 2. The van der Waals surface area contributed by atoms with Crippen LogP contribution in [0.2, 0.25) is 0 Å². The van der Waals surface area contributed by atoms with Crippen LogP contribution in [-0.4, -0.2) is 30.1 Å². The Labute approximate surface area is 146 Å². The fraction of sp³-hybridized carbons (Fsp3) is 0.444. The second kappa shape index (κ2) is 7.77. The van der Waals surface area contributed by atoms with Gasteiger partial charge in [-0.25, -0.2) is 4.98 Å². The third-order valence-electron chi connectivity index (χ3n) is 4.16. The summed E-state index contributed by atoms with van der Waals surface area (Å²) in [7, 11) is 0. The molecule has 128 valence electrons. The smallest absolute Gasteiger partial charge is 0.263 e. The van der Waals surface area contributed by atoms with Crippen molar-refractivity contribution in [2.45, 2.75) is 39.2 Å². The number of amides is 1. The van der Waals surface area contributed by atoms with Crippen LogP contribution in [0.4, 0.5) is 10.8 Å². The van der Waals surface area contributed by atoms with Gasteiger partial charge in [-0.2, -0.15) is 0 Å². The average molecular weight is 345 g/mol. The molecule has 0 spiro atoms. The number of nitrogens with one attached hydrogen (secondary N) is 2. The molecule has 1 amide bonds. The van der Waals surface area contributed by atoms with Crippen molar-refractivity contribution < 1.29 is 9.53 Å². The summed E-state index contributed by atoms with van der Waals surface area (Å²) in [6.07, 6.45) is 3.19. The van der Waals surface area contributed by atoms with Crippen LogP contribution in [0.3, 0.4) is 0 Å². The van der Waals surface area contributed by atoms with Gasteiger partial charge in [0, 0.05) is 18.8 Å². The lowest BCUT2D eigenvalue weighted by Crippen LogP contribution is -2.31. The summed E-state index contributed by atoms with van der Waals surface area (Å²) in [6, 6.07) is 8.16. The maximum Gasteiger partial charge on any atom is 0.263 e. The number of benzene rings is 1. The first-order valence-corrected chi connectivity index (χ1v) is 9.21. The van der Waals surface area contributed by atoms with Crippen LogP contribution in [0.15, 0.2) is 24.3 Å². The van der Waals surface area contributed by atoms with Gasteiger partial charge in [0.2, 0.25) is 0 Å². The highest BCUT2D eigenvalue weighted by Crippen LogP contribution is 2.27. The van der Waals surface area contributed by atoms with Gasteiger partial charge in [-0.1, -0.05) is 36.5 Å². The topological polar surface area (TPSA) is 63.2 Å². The Morgan fingerprint density at radius 2 is 2.25 bits per heavy atom. The quantitative estimate of drug-likeness (QED) is 0.838. The third kappa shape index (κ3) is 3.94. The number of ether oxygens (including phenoxy) is 1. The zero-order valence-electron chi connectivity index (χ0n) is 14.1. The minimum absolute atomic E-state index is 0.0719. The Morgan fingerprint density at radius 1 is 1.42 bits per heavy atom. The van der Waals surface area contributed by atoms with Crippen LogP contribution < -0.4 is 10.6 Å². The van der Waals surface area contributed by atoms with Gasteiger partial charge < -0.3 is 15.4 Å². The molecule has 0 saturated carbocycles. The average Bonchev–Trinajstić information content (AvgIpc) is 3.23. The van der Waals surface area contributed by atoms with E-state index in [2.05, 4.69) is 28.6 Å². The molecule has 0 aliphatic carbocycles. The molecule has 6 heteroatoms. The Hall–Kier alpha value is -1.92. The standard InChI is InChI=1S/C18H23N3O2S/c1-3-13-7-4-5-9-15(13)21-18-20-12(2)16(24-18)17(22)19-11-14-8-6-10-23-14/h4-5,7,9,14H,3,6,8,10-11H2,1-2H3,(H,19,22)(H,20,21). The molecular formula is C18H23N3O2S. The van der Waals surface area contributed by atoms with Crippen LogP contribution in [0.1, 0.15) is 40.7 Å². The number of carbonyl (C=O) groups is 1. The predicted molar refractivity (Wildman–Crippen MR) is 97.3 cm³/mol. The number of para-hydroxylation sites is 1. The van der Waals surface area contributed by atoms with E-state index in [1.165, 1.54) is 16.9 Å². The van der Waals surface area contributed by atoms with Gasteiger partial charge in [-0.05, 0) is 37.8 Å². The fourth-order valence-corrected chi connectivity index (χ4v) is 3.71. The predicted octanol–water partition coefficient (Wildman–Crippen LogP) is 3.67. The van der Waals surface area contributed by atoms with E-state index in [1.54, 1.807) is 0 Å². The second-order valence-electron chi connectivity index (χ2n) is 5.91. The molecule has 1 unspecified atom stereocenters. The maximum absolute atomic E-state index is 12.4. The normalized spacial score (nSPS) is 17.0. The van der Waals surface area contributed by atoms with Gasteiger partial charge in [0.25, 0.3) is 5.91 Å². The maximum atomic E-state index is 12.4. The van der Waals surface area contributed by atoms with Crippen LogP contribution in [0.5, 0.6) is 0 Å². The molecule has 1 saturated heterocycles. The number of aryl methyl sites for hydroxylation is 2. The minimum atomic E-state index is -0.0719. The van der Waals surface area contributed by atoms with E-state index in [0.29, 0.717) is 11.4 Å². The molecule has 24 heavy (non-hydrogen) atoms. The Bertz CT molecular complexity index is 708. The van der Waals surface area contributed by atoms with E-state index in [4.69, 9.17) is 4.74 Å². The number of carbonyl (C=O) groups excluding carboxylic acids is 1. The van der Waals surface area contributed by atoms with E-state index in [0.717, 1.165) is 42.4 Å². The molecule has 1 aromatic carbocycles. The summed E-state index contributed by atoms with van der Waals surface area (Å²) in [4.78, 5) is 17.5. The highest BCUT2D eigenvalue weighted by atomic mass is 32.1. The third-order valence-corrected chi connectivity index (χ3v) is 5.23. The Kier molecular flexibility index (Phi) is 5.48. The van der Waals surface area contributed by atoms with Crippen molar-refractivity contribution in [1.82, 2.24) is 10.3 Å². The number of rotatable bonds is 6. The molecule has 5 nitrogen and oxygen atoms in total. The summed E-state index contributed by atoms with van der Waals surface area (Å²) >= 11 is 1.39. The monoisotopic (exact) mass is 345 g/mol. The van der Waals surface area contributed by atoms with Crippen LogP contribution in [-0.2, 0) is 11.2 Å². The lowest BCUT2D eigenvalue weighted by Gasteiger charge is -2.10. The first-order chi connectivity index (χ1) is 11.7. The molecule has 3 rings (SSSR count). The van der Waals surface area contributed by atoms with Crippen molar-refractivity contribution in [1.29, 1.82) is 0 Å². The molecule has 1 fully saturated rings. The van der Waals surface area contributed by atoms with E-state index < -0.39 is 0 Å². The molecule has 2 heterocycles. The lowest BCUT2D eigenvalue weighted by atomic mass is 10.1. The molecule has 1 atom stereocenters. The number of nitrogens with zero attached hydrogens (tertiary/aromatic N) is 1. The van der Waals surface area contributed by atoms with Crippen molar-refractivity contribution >= 4 is 28.1 Å². The van der Waals surface area contributed by atoms with Crippen molar-refractivity contribution in [3.63, 3.8) is 0 Å². The molecular weight excluding hydrogens is 322 g/mol. The van der Waals surface area contributed by atoms with Crippen LogP contribution in [0.25, 0.3) is 0 Å². The highest BCUT2D eigenvalue weighted by Gasteiger charge is 2.19. The lowest BCUT2D eigenvalue weighted by molar-refractivity contribution is 0.0860. The van der Waals surface area contributed by atoms with Crippen molar-refractivity contribution in [2.75, 3.05) is 18.5 Å². The summed E-state index contributed by atoms with van der Waals surface area (Å²) in [5.74, 6) is -0.0719. The van der Waals surface area contributed by atoms with Gasteiger partial charge in [0.1, 0.15) is 4.88 Å². The van der Waals surface area contributed by atoms with Crippen molar-refractivity contribution in [3.8, 4) is 0 Å². The summed E-state index contributed by atoms with van der Waals surface area (Å²) < 4.78 is 5.54. The second-order valence-corrected chi connectivity index (χ2v) is 6.91. The number of aromatic nitrogens is 1. The number of thiazole rings is 1. The molecule has 2 aromatic rings. The Balaban J connectivity index is 1.66. The Morgan fingerprint density at radius 3 is 3.00 bits per heavy atom. The van der Waals surface area contributed by atoms with Gasteiger partial charge in [-0.15, -0.1) is 0 Å². The number of hydrogen-bond acceptors (Lipinski definition) is 5. The van der Waals surface area contributed by atoms with Crippen molar-refractivity contribution in [2.24, 2.45) is 0 Å². The van der Waals surface area contributed by atoms with E-state index in [-0.39, 0.29) is 12.0 Å². The molecule has 1 aliphatic rings. The van der Waals surface area contributed by atoms with Gasteiger partial charge in [0.15, 0.2) is 5.13 Å². The summed E-state index contributed by atoms with van der Waals surface area (Å²) in [5, 5.41) is 7.05. The zero-order valence-corrected chi connectivity index (χ0v) is 14.9. The van der Waals surface area contributed by atoms with Crippen LogP contribution >= 0.6 is 11.3 Å². The summed E-state index contributed by atoms with van der Waals surface area (Å²) in [5.41, 5.74) is 3.02. The molecule has 0 bridgehead atoms. The number of hydrogen-bond donors (Lipinski definition) is 2. The van der Waals surface area contributed by atoms with Crippen molar-refractivity contribution in [3.05, 3.63) is 40.4 Å². The zero-order chi connectivity index (χ0) is 16.9.